The van der Waals surface area contributed by atoms with Crippen LogP contribution in [0.2, 0.25) is 5.02 Å². The third-order valence-corrected chi connectivity index (χ3v) is 2.73. The summed E-state index contributed by atoms with van der Waals surface area (Å²) in [5.41, 5.74) is 4.77. The van der Waals surface area contributed by atoms with Gasteiger partial charge in [0.25, 0.3) is 0 Å². The molecule has 0 aliphatic rings. The van der Waals surface area contributed by atoms with Gasteiger partial charge in [-0.1, -0.05) is 17.7 Å². The average Bonchev–Trinajstić information content (AvgIpc) is 2.24. The van der Waals surface area contributed by atoms with Crippen LogP contribution >= 0.6 is 11.6 Å². The fourth-order valence-corrected chi connectivity index (χ4v) is 1.93. The molecule has 0 aromatic heterocycles. The third-order valence-electron chi connectivity index (χ3n) is 2.40. The number of aliphatic hydroxyl groups is 1. The molecule has 1 aromatic rings. The van der Waals surface area contributed by atoms with Crippen LogP contribution in [0.3, 0.4) is 0 Å². The number of hydrogen-bond acceptors (Lipinski definition) is 2. The summed E-state index contributed by atoms with van der Waals surface area (Å²) >= 11 is 5.77. The van der Waals surface area contributed by atoms with Gasteiger partial charge < -0.3 is 10.8 Å². The van der Waals surface area contributed by atoms with Crippen LogP contribution in [-0.2, 0) is 6.18 Å². The van der Waals surface area contributed by atoms with E-state index in [4.69, 9.17) is 22.4 Å². The van der Waals surface area contributed by atoms with E-state index in [0.29, 0.717) is 6.42 Å². The molecule has 0 radical (unpaired) electrons. The minimum Gasteiger partial charge on any atom is -0.396 e. The van der Waals surface area contributed by atoms with Crippen molar-refractivity contribution in [1.82, 2.24) is 0 Å². The first-order chi connectivity index (χ1) is 7.88. The number of aliphatic hydroxyl groups excluding tert-OH is 1. The second kappa shape index (κ2) is 5.71. The Balaban J connectivity index is 3.12. The van der Waals surface area contributed by atoms with Crippen LogP contribution in [0.25, 0.3) is 0 Å². The molecule has 0 bridgehead atoms. The molecule has 17 heavy (non-hydrogen) atoms. The summed E-state index contributed by atoms with van der Waals surface area (Å²) in [6, 6.07) is 2.76. The van der Waals surface area contributed by atoms with E-state index in [0.717, 1.165) is 6.07 Å². The summed E-state index contributed by atoms with van der Waals surface area (Å²) in [6.45, 7) is -0.112. The van der Waals surface area contributed by atoms with Crippen molar-refractivity contribution in [1.29, 1.82) is 0 Å². The Labute approximate surface area is 102 Å². The molecule has 0 fully saturated rings. The molecule has 0 unspecified atom stereocenters. The van der Waals surface area contributed by atoms with Gasteiger partial charge in [0.15, 0.2) is 0 Å². The van der Waals surface area contributed by atoms with Crippen molar-refractivity contribution in [2.45, 2.75) is 25.1 Å². The van der Waals surface area contributed by atoms with Gasteiger partial charge in [-0.05, 0) is 30.5 Å². The van der Waals surface area contributed by atoms with E-state index in [-0.39, 0.29) is 23.6 Å². The maximum Gasteiger partial charge on any atom is 0.416 e. The molecule has 0 heterocycles. The number of benzene rings is 1. The van der Waals surface area contributed by atoms with Gasteiger partial charge in [-0.3, -0.25) is 0 Å². The van der Waals surface area contributed by atoms with Crippen LogP contribution in [0.4, 0.5) is 13.2 Å². The smallest absolute Gasteiger partial charge is 0.396 e. The molecule has 1 aromatic carbocycles. The highest BCUT2D eigenvalue weighted by Gasteiger charge is 2.35. The van der Waals surface area contributed by atoms with E-state index in [1.807, 2.05) is 0 Å². The number of alkyl halides is 3. The standard InChI is InChI=1S/C11H13ClF3NO/c12-8-4-1-3-7(11(13,14)15)10(8)9(16)5-2-6-17/h1,3-4,9,17H,2,5-6,16H2/t9-/m1/s1. The summed E-state index contributed by atoms with van der Waals surface area (Å²) in [5, 5.41) is 8.65. The molecule has 3 N–H and O–H groups in total. The number of halogens is 4. The zero-order valence-electron chi connectivity index (χ0n) is 8.97. The minimum atomic E-state index is -4.48. The fourth-order valence-electron chi connectivity index (χ4n) is 1.62. The maximum absolute atomic E-state index is 12.7. The van der Waals surface area contributed by atoms with E-state index in [1.54, 1.807) is 0 Å². The molecule has 0 spiro atoms. The van der Waals surface area contributed by atoms with Crippen molar-refractivity contribution >= 4 is 11.6 Å². The predicted molar refractivity (Wildman–Crippen MR) is 59.7 cm³/mol. The quantitative estimate of drug-likeness (QED) is 0.880. The van der Waals surface area contributed by atoms with E-state index < -0.39 is 17.8 Å². The first-order valence-electron chi connectivity index (χ1n) is 5.10. The molecular weight excluding hydrogens is 255 g/mol. The van der Waals surface area contributed by atoms with Crippen molar-refractivity contribution in [3.05, 3.63) is 34.3 Å². The lowest BCUT2D eigenvalue weighted by atomic mass is 9.97. The summed E-state index contributed by atoms with van der Waals surface area (Å²) in [6.07, 6.45) is -3.88. The molecule has 0 aliphatic heterocycles. The Morgan fingerprint density at radius 3 is 2.53 bits per heavy atom. The second-order valence-corrected chi connectivity index (χ2v) is 4.08. The highest BCUT2D eigenvalue weighted by Crippen LogP contribution is 2.38. The first-order valence-corrected chi connectivity index (χ1v) is 5.47. The summed E-state index contributed by atoms with van der Waals surface area (Å²) in [5.74, 6) is 0. The molecule has 1 rings (SSSR count). The molecule has 6 heteroatoms. The minimum absolute atomic E-state index is 0.00487. The number of rotatable bonds is 4. The van der Waals surface area contributed by atoms with Gasteiger partial charge in [-0.25, -0.2) is 0 Å². The van der Waals surface area contributed by atoms with E-state index >= 15 is 0 Å². The number of nitrogens with two attached hydrogens (primary N) is 1. The lowest BCUT2D eigenvalue weighted by Gasteiger charge is -2.19. The van der Waals surface area contributed by atoms with Gasteiger partial charge in [0.05, 0.1) is 5.56 Å². The molecule has 0 saturated carbocycles. The Morgan fingerprint density at radius 2 is 2.00 bits per heavy atom. The van der Waals surface area contributed by atoms with Crippen LogP contribution < -0.4 is 5.73 Å². The van der Waals surface area contributed by atoms with Crippen molar-refractivity contribution in [2.75, 3.05) is 6.61 Å². The largest absolute Gasteiger partial charge is 0.416 e. The lowest BCUT2D eigenvalue weighted by molar-refractivity contribution is -0.138. The Bertz CT molecular complexity index is 381. The zero-order valence-corrected chi connectivity index (χ0v) is 9.72. The van der Waals surface area contributed by atoms with E-state index in [9.17, 15) is 13.2 Å². The Hall–Kier alpha value is -0.780. The van der Waals surface area contributed by atoms with Crippen LogP contribution in [0.5, 0.6) is 0 Å². The number of hydrogen-bond donors (Lipinski definition) is 2. The van der Waals surface area contributed by atoms with Gasteiger partial charge in [0, 0.05) is 17.7 Å². The molecule has 0 aliphatic carbocycles. The molecule has 96 valence electrons. The summed E-state index contributed by atoms with van der Waals surface area (Å²) < 4.78 is 38.2. The SMILES string of the molecule is N[C@H](CCCO)c1c(Cl)cccc1C(F)(F)F. The van der Waals surface area contributed by atoms with Crippen molar-refractivity contribution in [3.8, 4) is 0 Å². The zero-order chi connectivity index (χ0) is 13.1. The van der Waals surface area contributed by atoms with Crippen molar-refractivity contribution in [3.63, 3.8) is 0 Å². The maximum atomic E-state index is 12.7. The van der Waals surface area contributed by atoms with Gasteiger partial charge in [0.1, 0.15) is 0 Å². The van der Waals surface area contributed by atoms with Crippen molar-refractivity contribution < 1.29 is 18.3 Å². The molecule has 0 saturated heterocycles. The highest BCUT2D eigenvalue weighted by molar-refractivity contribution is 6.31. The Kier molecular flexibility index (Phi) is 4.80. The van der Waals surface area contributed by atoms with E-state index in [1.165, 1.54) is 12.1 Å². The van der Waals surface area contributed by atoms with Gasteiger partial charge in [-0.2, -0.15) is 13.2 Å². The van der Waals surface area contributed by atoms with Gasteiger partial charge in [0.2, 0.25) is 0 Å². The molecule has 0 amide bonds. The van der Waals surface area contributed by atoms with Gasteiger partial charge in [-0.15, -0.1) is 0 Å². The third kappa shape index (κ3) is 3.59. The monoisotopic (exact) mass is 267 g/mol. The van der Waals surface area contributed by atoms with Crippen LogP contribution in [-0.4, -0.2) is 11.7 Å². The van der Waals surface area contributed by atoms with E-state index in [2.05, 4.69) is 0 Å². The topological polar surface area (TPSA) is 46.2 Å². The van der Waals surface area contributed by atoms with Crippen LogP contribution in [0.15, 0.2) is 18.2 Å². The summed E-state index contributed by atoms with van der Waals surface area (Å²) in [4.78, 5) is 0. The average molecular weight is 268 g/mol. The normalized spacial score (nSPS) is 13.8. The van der Waals surface area contributed by atoms with Gasteiger partial charge >= 0.3 is 6.18 Å². The summed E-state index contributed by atoms with van der Waals surface area (Å²) in [7, 11) is 0. The predicted octanol–water partition coefficient (Wildman–Crippen LogP) is 3.13. The molecule has 1 atom stereocenters. The Morgan fingerprint density at radius 1 is 1.35 bits per heavy atom. The fraction of sp³-hybridized carbons (Fsp3) is 0.455. The van der Waals surface area contributed by atoms with Crippen LogP contribution in [0, 0.1) is 0 Å². The highest BCUT2D eigenvalue weighted by atomic mass is 35.5. The lowest BCUT2D eigenvalue weighted by Crippen LogP contribution is -2.18. The second-order valence-electron chi connectivity index (χ2n) is 3.67. The molecule has 2 nitrogen and oxygen atoms in total. The first kappa shape index (κ1) is 14.3. The van der Waals surface area contributed by atoms with Crippen LogP contribution in [0.1, 0.15) is 30.0 Å². The molecular formula is C11H13ClF3NO. The van der Waals surface area contributed by atoms with Crippen molar-refractivity contribution in [2.24, 2.45) is 5.73 Å².